The molecule has 3 heteroatoms. The zero-order valence-corrected chi connectivity index (χ0v) is 14.1. The summed E-state index contributed by atoms with van der Waals surface area (Å²) in [5.41, 5.74) is 0. The number of hydrogen-bond acceptors (Lipinski definition) is 3. The van der Waals surface area contributed by atoms with Crippen LogP contribution in [0.15, 0.2) is 11.8 Å². The number of rotatable bonds is 16. The van der Waals surface area contributed by atoms with Gasteiger partial charge in [-0.25, -0.2) is 0 Å². The van der Waals surface area contributed by atoms with E-state index in [1.165, 1.54) is 51.4 Å². The van der Waals surface area contributed by atoms with E-state index in [1.54, 1.807) is 0 Å². The van der Waals surface area contributed by atoms with E-state index in [0.29, 0.717) is 12.4 Å². The second-order valence-corrected chi connectivity index (χ2v) is 5.51. The maximum Gasteiger partial charge on any atom is 0.189 e. The van der Waals surface area contributed by atoms with Crippen molar-refractivity contribution in [2.75, 3.05) is 13.4 Å². The summed E-state index contributed by atoms with van der Waals surface area (Å²) < 4.78 is 10.7. The fourth-order valence-electron chi connectivity index (χ4n) is 2.11. The molecule has 0 rings (SSSR count). The Morgan fingerprint density at radius 3 is 2.14 bits per heavy atom. The number of allylic oxidation sites excluding steroid dienone is 2. The maximum atomic E-state index is 10.9. The van der Waals surface area contributed by atoms with Crippen molar-refractivity contribution < 1.29 is 14.3 Å². The van der Waals surface area contributed by atoms with Crippen molar-refractivity contribution >= 4 is 6.29 Å². The first-order valence-electron chi connectivity index (χ1n) is 8.71. The molecule has 0 aliphatic heterocycles. The summed E-state index contributed by atoms with van der Waals surface area (Å²) in [6, 6.07) is 0. The molecule has 0 heterocycles. The lowest BCUT2D eigenvalue weighted by Gasteiger charge is -2.06. The van der Waals surface area contributed by atoms with Crippen molar-refractivity contribution in [1.29, 1.82) is 0 Å². The molecule has 0 aliphatic rings. The van der Waals surface area contributed by atoms with Gasteiger partial charge in [-0.15, -0.1) is 0 Å². The zero-order valence-electron chi connectivity index (χ0n) is 14.1. The highest BCUT2D eigenvalue weighted by Gasteiger charge is 1.97. The van der Waals surface area contributed by atoms with Gasteiger partial charge in [-0.05, 0) is 25.3 Å². The molecule has 0 saturated carbocycles. The molecule has 0 atom stereocenters. The van der Waals surface area contributed by atoms with Crippen LogP contribution < -0.4 is 0 Å². The van der Waals surface area contributed by atoms with Gasteiger partial charge in [0.15, 0.2) is 18.8 Å². The Kier molecular flexibility index (Phi) is 16.5. The van der Waals surface area contributed by atoms with Gasteiger partial charge in [-0.2, -0.15) is 0 Å². The quantitative estimate of drug-likeness (QED) is 0.126. The molecule has 0 saturated heterocycles. The van der Waals surface area contributed by atoms with Crippen molar-refractivity contribution in [2.45, 2.75) is 84.5 Å². The second kappa shape index (κ2) is 17.2. The lowest BCUT2D eigenvalue weighted by Crippen LogP contribution is -2.02. The van der Waals surface area contributed by atoms with Gasteiger partial charge in [-0.3, -0.25) is 4.79 Å². The van der Waals surface area contributed by atoms with Gasteiger partial charge in [0.2, 0.25) is 0 Å². The molecule has 0 spiro atoms. The van der Waals surface area contributed by atoms with Gasteiger partial charge >= 0.3 is 0 Å². The SMILES string of the molecule is CCCCCCCC/C=C(\C=O)OCOCCCCCC. The number of carbonyl (C=O) groups excluding carboxylic acids is 1. The summed E-state index contributed by atoms with van der Waals surface area (Å²) in [6.45, 7) is 5.31. The summed E-state index contributed by atoms with van der Waals surface area (Å²) in [4.78, 5) is 10.9. The van der Waals surface area contributed by atoms with Crippen molar-refractivity contribution in [3.63, 3.8) is 0 Å². The van der Waals surface area contributed by atoms with Crippen molar-refractivity contribution in [2.24, 2.45) is 0 Å². The van der Waals surface area contributed by atoms with E-state index < -0.39 is 0 Å². The molecule has 0 amide bonds. The molecular formula is C18H34O3. The van der Waals surface area contributed by atoms with Crippen LogP contribution in [0.4, 0.5) is 0 Å². The standard InChI is InChI=1S/C18H34O3/c1-3-5-7-9-10-11-12-14-18(16-19)21-17-20-15-13-8-6-4-2/h14,16H,3-13,15,17H2,1-2H3/b18-14+. The first kappa shape index (κ1) is 20.2. The number of ether oxygens (including phenoxy) is 2. The largest absolute Gasteiger partial charge is 0.464 e. The van der Waals surface area contributed by atoms with Gasteiger partial charge in [-0.1, -0.05) is 65.2 Å². The van der Waals surface area contributed by atoms with Crippen LogP contribution in [0.25, 0.3) is 0 Å². The van der Waals surface area contributed by atoms with E-state index in [2.05, 4.69) is 13.8 Å². The molecule has 3 nitrogen and oxygen atoms in total. The molecular weight excluding hydrogens is 264 g/mol. The van der Waals surface area contributed by atoms with Gasteiger partial charge < -0.3 is 9.47 Å². The van der Waals surface area contributed by atoms with Crippen LogP contribution in [0.1, 0.15) is 84.5 Å². The predicted molar refractivity (Wildman–Crippen MR) is 88.2 cm³/mol. The summed E-state index contributed by atoms with van der Waals surface area (Å²) in [6.07, 6.45) is 15.9. The fourth-order valence-corrected chi connectivity index (χ4v) is 2.11. The Morgan fingerprint density at radius 2 is 1.48 bits per heavy atom. The first-order chi connectivity index (χ1) is 10.3. The van der Waals surface area contributed by atoms with Crippen LogP contribution >= 0.6 is 0 Å². The summed E-state index contributed by atoms with van der Waals surface area (Å²) in [5, 5.41) is 0. The molecule has 21 heavy (non-hydrogen) atoms. The van der Waals surface area contributed by atoms with E-state index in [0.717, 1.165) is 25.5 Å². The fraction of sp³-hybridized carbons (Fsp3) is 0.833. The van der Waals surface area contributed by atoms with Crippen LogP contribution in [-0.4, -0.2) is 19.7 Å². The predicted octanol–water partition coefficient (Wildman–Crippen LogP) is 5.39. The monoisotopic (exact) mass is 298 g/mol. The van der Waals surface area contributed by atoms with Crippen LogP contribution in [0.2, 0.25) is 0 Å². The van der Waals surface area contributed by atoms with Crippen LogP contribution in [-0.2, 0) is 14.3 Å². The zero-order chi connectivity index (χ0) is 15.6. The summed E-state index contributed by atoms with van der Waals surface area (Å²) in [7, 11) is 0. The molecule has 124 valence electrons. The topological polar surface area (TPSA) is 35.5 Å². The Balaban J connectivity index is 3.46. The van der Waals surface area contributed by atoms with Crippen molar-refractivity contribution in [3.05, 3.63) is 11.8 Å². The third kappa shape index (κ3) is 15.4. The van der Waals surface area contributed by atoms with Crippen molar-refractivity contribution in [3.8, 4) is 0 Å². The third-order valence-electron chi connectivity index (χ3n) is 3.47. The second-order valence-electron chi connectivity index (χ2n) is 5.51. The number of carbonyl (C=O) groups is 1. The molecule has 0 aromatic rings. The average Bonchev–Trinajstić information content (AvgIpc) is 2.51. The minimum absolute atomic E-state index is 0.188. The van der Waals surface area contributed by atoms with Gasteiger partial charge in [0.05, 0.1) is 6.61 Å². The Hall–Kier alpha value is -0.830. The van der Waals surface area contributed by atoms with Gasteiger partial charge in [0.1, 0.15) is 0 Å². The number of unbranched alkanes of at least 4 members (excludes halogenated alkanes) is 9. The van der Waals surface area contributed by atoms with E-state index in [-0.39, 0.29) is 6.79 Å². The van der Waals surface area contributed by atoms with Crippen LogP contribution in [0.5, 0.6) is 0 Å². The summed E-state index contributed by atoms with van der Waals surface area (Å²) in [5.74, 6) is 0.414. The first-order valence-corrected chi connectivity index (χ1v) is 8.71. The molecule has 0 aromatic carbocycles. The van der Waals surface area contributed by atoms with E-state index in [4.69, 9.17) is 9.47 Å². The normalized spacial score (nSPS) is 11.6. The molecule has 0 aliphatic carbocycles. The minimum atomic E-state index is 0.188. The maximum absolute atomic E-state index is 10.9. The highest BCUT2D eigenvalue weighted by atomic mass is 16.7. The Labute approximate surface area is 131 Å². The number of aldehydes is 1. The Morgan fingerprint density at radius 1 is 0.857 bits per heavy atom. The molecule has 0 bridgehead atoms. The Bertz CT molecular complexity index is 249. The highest BCUT2D eigenvalue weighted by molar-refractivity contribution is 5.69. The lowest BCUT2D eigenvalue weighted by molar-refractivity contribution is -0.111. The van der Waals surface area contributed by atoms with Crippen LogP contribution in [0.3, 0.4) is 0 Å². The molecule has 0 N–H and O–H groups in total. The van der Waals surface area contributed by atoms with E-state index in [1.807, 2.05) is 6.08 Å². The van der Waals surface area contributed by atoms with Crippen molar-refractivity contribution in [1.82, 2.24) is 0 Å². The smallest absolute Gasteiger partial charge is 0.189 e. The number of hydrogen-bond donors (Lipinski definition) is 0. The van der Waals surface area contributed by atoms with E-state index in [9.17, 15) is 4.79 Å². The minimum Gasteiger partial charge on any atom is -0.464 e. The van der Waals surface area contributed by atoms with Gasteiger partial charge in [0.25, 0.3) is 0 Å². The molecule has 0 unspecified atom stereocenters. The summed E-state index contributed by atoms with van der Waals surface area (Å²) >= 11 is 0. The third-order valence-corrected chi connectivity index (χ3v) is 3.47. The average molecular weight is 298 g/mol. The highest BCUT2D eigenvalue weighted by Crippen LogP contribution is 2.08. The van der Waals surface area contributed by atoms with E-state index >= 15 is 0 Å². The van der Waals surface area contributed by atoms with Crippen LogP contribution in [0, 0.1) is 0 Å². The molecule has 0 aromatic heterocycles. The lowest BCUT2D eigenvalue weighted by atomic mass is 10.1. The molecule has 0 fully saturated rings. The van der Waals surface area contributed by atoms with Gasteiger partial charge in [0, 0.05) is 0 Å². The molecule has 0 radical (unpaired) electrons.